The summed E-state index contributed by atoms with van der Waals surface area (Å²) < 4.78 is 16.5. The molecule has 0 N–H and O–H groups in total. The molecule has 2 aromatic carbocycles. The van der Waals surface area contributed by atoms with Gasteiger partial charge >= 0.3 is 0 Å². The number of carbonyl (C=O) groups is 1. The van der Waals surface area contributed by atoms with E-state index in [1.165, 1.54) is 0 Å². The van der Waals surface area contributed by atoms with Crippen molar-refractivity contribution in [1.29, 1.82) is 0 Å². The number of benzene rings is 2. The van der Waals surface area contributed by atoms with Gasteiger partial charge in [-0.2, -0.15) is 4.98 Å². The molecule has 4 aromatic rings. The number of fused-ring (bicyclic) bond motifs is 1. The number of ether oxygens (including phenoxy) is 1. The second kappa shape index (κ2) is 9.87. The maximum Gasteiger partial charge on any atom is 0.263 e. The van der Waals surface area contributed by atoms with E-state index in [9.17, 15) is 4.79 Å². The molecule has 3 heterocycles. The highest BCUT2D eigenvalue weighted by molar-refractivity contribution is 6.09. The monoisotopic (exact) mass is 475 g/mol. The van der Waals surface area contributed by atoms with E-state index in [0.29, 0.717) is 55.0 Å². The lowest BCUT2D eigenvalue weighted by atomic mass is 10.0. The van der Waals surface area contributed by atoms with E-state index in [1.807, 2.05) is 62.1 Å². The van der Waals surface area contributed by atoms with Crippen LogP contribution >= 0.6 is 0 Å². The molecule has 1 fully saturated rings. The molecule has 9 nitrogen and oxygen atoms in total. The van der Waals surface area contributed by atoms with Gasteiger partial charge in [-0.1, -0.05) is 40.6 Å². The first-order valence-electron chi connectivity index (χ1n) is 12.0. The zero-order chi connectivity index (χ0) is 24.4. The second-order valence-electron chi connectivity index (χ2n) is 8.73. The molecule has 2 aromatic heterocycles. The Balaban J connectivity index is 1.30. The lowest BCUT2D eigenvalue weighted by molar-refractivity contribution is 0.0759. The number of carbonyl (C=O) groups excluding carboxylic acids is 1. The first-order chi connectivity index (χ1) is 17.0. The Bertz CT molecular complexity index is 1330. The van der Waals surface area contributed by atoms with Crippen LogP contribution in [-0.2, 0) is 6.54 Å². The van der Waals surface area contributed by atoms with Crippen LogP contribution in [-0.4, -0.2) is 63.8 Å². The summed E-state index contributed by atoms with van der Waals surface area (Å²) in [6.45, 7) is 9.52. The van der Waals surface area contributed by atoms with Crippen LogP contribution in [0.1, 0.15) is 41.0 Å². The molecule has 9 heteroatoms. The molecule has 0 unspecified atom stereocenters. The predicted molar refractivity (Wildman–Crippen MR) is 130 cm³/mol. The molecule has 1 saturated heterocycles. The topological polar surface area (TPSA) is 97.7 Å². The molecule has 0 bridgehead atoms. The molecule has 0 spiro atoms. The van der Waals surface area contributed by atoms with Gasteiger partial charge in [0.15, 0.2) is 5.82 Å². The predicted octanol–water partition coefficient (Wildman–Crippen LogP) is 4.24. The Morgan fingerprint density at radius 1 is 1.03 bits per heavy atom. The highest BCUT2D eigenvalue weighted by Crippen LogP contribution is 2.30. The number of aryl methyl sites for hydroxylation is 2. The summed E-state index contributed by atoms with van der Waals surface area (Å²) in [5.41, 5.74) is 2.11. The summed E-state index contributed by atoms with van der Waals surface area (Å²) in [6.07, 6.45) is 0.856. The Morgan fingerprint density at radius 3 is 2.69 bits per heavy atom. The normalized spacial score (nSPS) is 14.9. The summed E-state index contributed by atoms with van der Waals surface area (Å²) >= 11 is 0. The third-order valence-electron chi connectivity index (χ3n) is 6.36. The van der Waals surface area contributed by atoms with Crippen LogP contribution in [0.25, 0.3) is 22.2 Å². The Hall–Kier alpha value is -3.72. The quantitative estimate of drug-likeness (QED) is 0.408. The lowest BCUT2D eigenvalue weighted by Crippen LogP contribution is -2.35. The summed E-state index contributed by atoms with van der Waals surface area (Å²) in [6, 6.07) is 11.9. The van der Waals surface area contributed by atoms with Crippen LogP contribution in [0.3, 0.4) is 0 Å². The number of hydrogen-bond donors (Lipinski definition) is 0. The molecule has 1 amide bonds. The van der Waals surface area contributed by atoms with Crippen LogP contribution in [0.15, 0.2) is 45.4 Å². The van der Waals surface area contributed by atoms with Gasteiger partial charge in [0, 0.05) is 26.2 Å². The van der Waals surface area contributed by atoms with E-state index in [1.54, 1.807) is 0 Å². The fraction of sp³-hybridized carbons (Fsp3) is 0.385. The van der Waals surface area contributed by atoms with Gasteiger partial charge < -0.3 is 18.7 Å². The van der Waals surface area contributed by atoms with Crippen LogP contribution in [0.2, 0.25) is 0 Å². The molecule has 0 atom stereocenters. The van der Waals surface area contributed by atoms with Gasteiger partial charge in [-0.25, -0.2) is 0 Å². The summed E-state index contributed by atoms with van der Waals surface area (Å²) in [5.74, 6) is 2.32. The third-order valence-corrected chi connectivity index (χ3v) is 6.36. The zero-order valence-electron chi connectivity index (χ0n) is 20.3. The first kappa shape index (κ1) is 23.0. The molecule has 0 saturated carbocycles. The number of aromatic nitrogens is 3. The molecule has 5 rings (SSSR count). The number of hydrogen-bond acceptors (Lipinski definition) is 8. The van der Waals surface area contributed by atoms with Gasteiger partial charge in [-0.3, -0.25) is 9.69 Å². The molecule has 0 aliphatic carbocycles. The zero-order valence-corrected chi connectivity index (χ0v) is 20.3. The molecule has 1 aliphatic rings. The van der Waals surface area contributed by atoms with Crippen molar-refractivity contribution < 1.29 is 18.6 Å². The maximum absolute atomic E-state index is 13.7. The van der Waals surface area contributed by atoms with Crippen LogP contribution in [0.4, 0.5) is 0 Å². The van der Waals surface area contributed by atoms with Gasteiger partial charge in [-0.15, -0.1) is 0 Å². The van der Waals surface area contributed by atoms with Crippen molar-refractivity contribution in [3.63, 3.8) is 0 Å². The fourth-order valence-electron chi connectivity index (χ4n) is 4.65. The number of rotatable bonds is 6. The third kappa shape index (κ3) is 4.64. The van der Waals surface area contributed by atoms with Gasteiger partial charge in [0.05, 0.1) is 24.4 Å². The van der Waals surface area contributed by atoms with Crippen LogP contribution in [0.5, 0.6) is 5.75 Å². The molecule has 182 valence electrons. The number of amides is 1. The highest BCUT2D eigenvalue weighted by atomic mass is 16.5. The van der Waals surface area contributed by atoms with Crippen molar-refractivity contribution in [3.05, 3.63) is 59.2 Å². The van der Waals surface area contributed by atoms with Crippen molar-refractivity contribution in [2.45, 2.75) is 33.7 Å². The standard InChI is InChI=1S/C26H29N5O4/c1-4-33-21-11-10-19-8-5-6-9-20(19)24(21)26(32)31-13-7-12-30(14-15-31)16-22-27-25(35-29-22)23-17(2)28-34-18(23)3/h5-6,8-11H,4,7,12-16H2,1-3H3. The van der Waals surface area contributed by atoms with E-state index in [0.717, 1.165) is 41.5 Å². The molecule has 1 aliphatic heterocycles. The molecular weight excluding hydrogens is 446 g/mol. The van der Waals surface area contributed by atoms with E-state index in [4.69, 9.17) is 13.8 Å². The second-order valence-corrected chi connectivity index (χ2v) is 8.73. The van der Waals surface area contributed by atoms with Crippen molar-refractivity contribution in [2.75, 3.05) is 32.8 Å². The minimum absolute atomic E-state index is 0.00681. The minimum Gasteiger partial charge on any atom is -0.493 e. The first-order valence-corrected chi connectivity index (χ1v) is 12.0. The van der Waals surface area contributed by atoms with Crippen LogP contribution in [0, 0.1) is 13.8 Å². The molecular formula is C26H29N5O4. The van der Waals surface area contributed by atoms with Crippen molar-refractivity contribution in [1.82, 2.24) is 25.1 Å². The Labute approximate surface area is 203 Å². The highest BCUT2D eigenvalue weighted by Gasteiger charge is 2.26. The largest absolute Gasteiger partial charge is 0.493 e. The van der Waals surface area contributed by atoms with E-state index >= 15 is 0 Å². The van der Waals surface area contributed by atoms with Gasteiger partial charge in [0.2, 0.25) is 0 Å². The average Bonchev–Trinajstić information content (AvgIpc) is 3.36. The molecule has 35 heavy (non-hydrogen) atoms. The van der Waals surface area contributed by atoms with E-state index in [2.05, 4.69) is 20.2 Å². The van der Waals surface area contributed by atoms with Gasteiger partial charge in [0.1, 0.15) is 17.1 Å². The summed E-state index contributed by atoms with van der Waals surface area (Å²) in [5, 5.41) is 10.1. The molecule has 0 radical (unpaired) electrons. The lowest BCUT2D eigenvalue weighted by Gasteiger charge is -2.23. The Kier molecular flexibility index (Phi) is 6.50. The van der Waals surface area contributed by atoms with E-state index < -0.39 is 0 Å². The van der Waals surface area contributed by atoms with Gasteiger partial charge in [-0.05, 0) is 44.0 Å². The fourth-order valence-corrected chi connectivity index (χ4v) is 4.65. The van der Waals surface area contributed by atoms with Gasteiger partial charge in [0.25, 0.3) is 11.8 Å². The SMILES string of the molecule is CCOc1ccc2ccccc2c1C(=O)N1CCCN(Cc2noc(-c3c(C)noc3C)n2)CC1. The van der Waals surface area contributed by atoms with Crippen molar-refractivity contribution >= 4 is 16.7 Å². The summed E-state index contributed by atoms with van der Waals surface area (Å²) in [7, 11) is 0. The van der Waals surface area contributed by atoms with Crippen molar-refractivity contribution in [2.24, 2.45) is 0 Å². The number of nitrogens with zero attached hydrogens (tertiary/aromatic N) is 5. The van der Waals surface area contributed by atoms with E-state index in [-0.39, 0.29) is 5.91 Å². The smallest absolute Gasteiger partial charge is 0.263 e. The summed E-state index contributed by atoms with van der Waals surface area (Å²) in [4.78, 5) is 22.4. The minimum atomic E-state index is 0.00681. The average molecular weight is 476 g/mol. The Morgan fingerprint density at radius 2 is 1.89 bits per heavy atom. The maximum atomic E-state index is 13.7. The van der Waals surface area contributed by atoms with Crippen LogP contribution < -0.4 is 4.74 Å². The van der Waals surface area contributed by atoms with Crippen molar-refractivity contribution in [3.8, 4) is 17.2 Å².